The monoisotopic (exact) mass is 412 g/mol. The molecule has 5 aromatic rings. The van der Waals surface area contributed by atoms with Gasteiger partial charge in [-0.3, -0.25) is 14.3 Å². The Morgan fingerprint density at radius 3 is 2.73 bits per heavy atom. The Bertz CT molecular complexity index is 1440. The molecule has 148 valence electrons. The van der Waals surface area contributed by atoms with E-state index < -0.39 is 0 Å². The number of pyridine rings is 1. The first kappa shape index (κ1) is 18.6. The zero-order chi connectivity index (χ0) is 20.7. The fourth-order valence-electron chi connectivity index (χ4n) is 3.66. The van der Waals surface area contributed by atoms with E-state index in [9.17, 15) is 4.79 Å². The van der Waals surface area contributed by atoms with Crippen LogP contribution in [0.2, 0.25) is 0 Å². The number of benzene rings is 2. The van der Waals surface area contributed by atoms with E-state index in [1.54, 1.807) is 22.5 Å². The van der Waals surface area contributed by atoms with Crippen LogP contribution in [0.3, 0.4) is 0 Å². The van der Waals surface area contributed by atoms with Gasteiger partial charge < -0.3 is 4.98 Å². The van der Waals surface area contributed by atoms with Gasteiger partial charge in [0.05, 0.1) is 5.69 Å². The molecule has 0 spiro atoms. The largest absolute Gasteiger partial charge is 0.349 e. The molecule has 0 saturated carbocycles. The maximum Gasteiger partial charge on any atom is 0.283 e. The number of nitrogens with zero attached hydrogens (tertiary/aromatic N) is 3. The molecule has 0 radical (unpaired) electrons. The van der Waals surface area contributed by atoms with E-state index in [-0.39, 0.29) is 5.56 Å². The second-order valence-electron chi connectivity index (χ2n) is 7.30. The minimum Gasteiger partial charge on any atom is -0.349 e. The normalized spacial score (nSPS) is 11.4. The number of para-hydroxylation sites is 1. The molecule has 0 fully saturated rings. The van der Waals surface area contributed by atoms with E-state index in [2.05, 4.69) is 23.0 Å². The van der Waals surface area contributed by atoms with E-state index in [0.717, 1.165) is 33.3 Å². The van der Waals surface area contributed by atoms with Crippen LogP contribution < -0.4 is 5.56 Å². The number of hydrogen-bond donors (Lipinski definition) is 1. The molecular weight excluding hydrogens is 392 g/mol. The summed E-state index contributed by atoms with van der Waals surface area (Å²) in [7, 11) is 0. The van der Waals surface area contributed by atoms with Crippen molar-refractivity contribution in [3.63, 3.8) is 0 Å². The fourth-order valence-corrected chi connectivity index (χ4v) is 4.59. The van der Waals surface area contributed by atoms with Gasteiger partial charge in [0, 0.05) is 29.0 Å². The molecule has 5 rings (SSSR count). The molecule has 30 heavy (non-hydrogen) atoms. The second-order valence-corrected chi connectivity index (χ2v) is 8.24. The lowest BCUT2D eigenvalue weighted by atomic mass is 10.1. The van der Waals surface area contributed by atoms with E-state index in [0.29, 0.717) is 21.9 Å². The zero-order valence-electron chi connectivity index (χ0n) is 16.7. The molecule has 0 unspecified atom stereocenters. The van der Waals surface area contributed by atoms with Crippen molar-refractivity contribution < 1.29 is 0 Å². The highest BCUT2D eigenvalue weighted by molar-refractivity contribution is 7.98. The standard InChI is InChI=1S/C24H20N4OS/c1-15-7-5-11-20(16(15)2)28-23(29)22-21(18-9-3-4-10-19(18)26-22)27-24(28)30-14-17-8-6-12-25-13-17/h3-13,26H,14H2,1-2H3. The van der Waals surface area contributed by atoms with Crippen molar-refractivity contribution in [1.82, 2.24) is 19.5 Å². The van der Waals surface area contributed by atoms with E-state index in [4.69, 9.17) is 4.98 Å². The number of nitrogens with one attached hydrogen (secondary N) is 1. The van der Waals surface area contributed by atoms with Gasteiger partial charge in [-0.05, 0) is 48.7 Å². The summed E-state index contributed by atoms with van der Waals surface area (Å²) < 4.78 is 1.74. The van der Waals surface area contributed by atoms with Gasteiger partial charge in [0.1, 0.15) is 11.0 Å². The molecule has 6 heteroatoms. The van der Waals surface area contributed by atoms with Gasteiger partial charge in [-0.2, -0.15) is 0 Å². The Hall–Kier alpha value is -3.38. The van der Waals surface area contributed by atoms with Crippen molar-refractivity contribution in [2.45, 2.75) is 24.8 Å². The Balaban J connectivity index is 1.77. The topological polar surface area (TPSA) is 63.6 Å². The lowest BCUT2D eigenvalue weighted by molar-refractivity contribution is 0.812. The minimum absolute atomic E-state index is 0.0846. The summed E-state index contributed by atoms with van der Waals surface area (Å²) in [5, 5.41) is 1.63. The highest BCUT2D eigenvalue weighted by Gasteiger charge is 2.18. The van der Waals surface area contributed by atoms with Crippen molar-refractivity contribution >= 4 is 33.7 Å². The first-order valence-electron chi connectivity index (χ1n) is 9.75. The summed E-state index contributed by atoms with van der Waals surface area (Å²) in [5.41, 5.74) is 6.23. The summed E-state index contributed by atoms with van der Waals surface area (Å²) in [5.74, 6) is 0.680. The van der Waals surface area contributed by atoms with Crippen molar-refractivity contribution in [2.24, 2.45) is 0 Å². The molecule has 0 bridgehead atoms. The van der Waals surface area contributed by atoms with E-state index in [1.165, 1.54) is 0 Å². The maximum absolute atomic E-state index is 13.7. The lowest BCUT2D eigenvalue weighted by Crippen LogP contribution is -2.22. The third-order valence-corrected chi connectivity index (χ3v) is 6.41. The van der Waals surface area contributed by atoms with Crippen LogP contribution in [0, 0.1) is 13.8 Å². The number of H-pyrrole nitrogens is 1. The van der Waals surface area contributed by atoms with Crippen molar-refractivity contribution in [3.05, 3.63) is 94.0 Å². The van der Waals surface area contributed by atoms with Gasteiger partial charge in [-0.15, -0.1) is 0 Å². The summed E-state index contributed by atoms with van der Waals surface area (Å²) in [4.78, 5) is 26.1. The van der Waals surface area contributed by atoms with E-state index in [1.807, 2.05) is 61.7 Å². The number of aromatic amines is 1. The molecule has 0 aliphatic carbocycles. The van der Waals surface area contributed by atoms with Gasteiger partial charge in [0.15, 0.2) is 5.16 Å². The predicted molar refractivity (Wildman–Crippen MR) is 122 cm³/mol. The first-order chi connectivity index (χ1) is 14.6. The van der Waals surface area contributed by atoms with Gasteiger partial charge in [-0.25, -0.2) is 4.98 Å². The average molecular weight is 413 g/mol. The molecular formula is C24H20N4OS. The molecule has 3 heterocycles. The highest BCUT2D eigenvalue weighted by atomic mass is 32.2. The van der Waals surface area contributed by atoms with Crippen LogP contribution in [0.4, 0.5) is 0 Å². The molecule has 2 aromatic carbocycles. The van der Waals surface area contributed by atoms with Gasteiger partial charge in [0.25, 0.3) is 5.56 Å². The number of hydrogen-bond acceptors (Lipinski definition) is 4. The SMILES string of the molecule is Cc1cccc(-n2c(SCc3cccnc3)nc3c([nH]c4ccccc43)c2=O)c1C. The molecule has 0 amide bonds. The Morgan fingerprint density at radius 2 is 1.90 bits per heavy atom. The molecule has 1 N–H and O–H groups in total. The number of aryl methyl sites for hydroxylation is 1. The van der Waals surface area contributed by atoms with Crippen molar-refractivity contribution in [3.8, 4) is 5.69 Å². The first-order valence-corrected chi connectivity index (χ1v) is 10.7. The van der Waals surface area contributed by atoms with Crippen LogP contribution in [0.1, 0.15) is 16.7 Å². The molecule has 3 aromatic heterocycles. The number of aromatic nitrogens is 4. The smallest absolute Gasteiger partial charge is 0.283 e. The fraction of sp³-hybridized carbons (Fsp3) is 0.125. The molecule has 0 atom stereocenters. The van der Waals surface area contributed by atoms with Crippen LogP contribution in [0.25, 0.3) is 27.6 Å². The van der Waals surface area contributed by atoms with Crippen LogP contribution in [0.5, 0.6) is 0 Å². The predicted octanol–water partition coefficient (Wildman–Crippen LogP) is 5.17. The zero-order valence-corrected chi connectivity index (χ0v) is 17.5. The quantitative estimate of drug-likeness (QED) is 0.327. The Kier molecular flexibility index (Phi) is 4.64. The molecule has 0 saturated heterocycles. The van der Waals surface area contributed by atoms with E-state index >= 15 is 0 Å². The van der Waals surface area contributed by atoms with Gasteiger partial charge in [0.2, 0.25) is 0 Å². The molecule has 0 aliphatic rings. The van der Waals surface area contributed by atoms with Crippen molar-refractivity contribution in [2.75, 3.05) is 0 Å². The highest BCUT2D eigenvalue weighted by Crippen LogP contribution is 2.29. The van der Waals surface area contributed by atoms with Crippen LogP contribution in [-0.2, 0) is 5.75 Å². The Morgan fingerprint density at radius 1 is 1.03 bits per heavy atom. The summed E-state index contributed by atoms with van der Waals surface area (Å²) >= 11 is 1.55. The third kappa shape index (κ3) is 3.09. The number of fused-ring (bicyclic) bond motifs is 3. The number of rotatable bonds is 4. The lowest BCUT2D eigenvalue weighted by Gasteiger charge is -2.15. The third-order valence-electron chi connectivity index (χ3n) is 5.40. The summed E-state index contributed by atoms with van der Waals surface area (Å²) in [6, 6.07) is 17.9. The maximum atomic E-state index is 13.7. The van der Waals surface area contributed by atoms with Gasteiger partial charge in [-0.1, -0.05) is 48.2 Å². The van der Waals surface area contributed by atoms with Crippen LogP contribution in [-0.4, -0.2) is 19.5 Å². The molecule has 5 nitrogen and oxygen atoms in total. The van der Waals surface area contributed by atoms with Crippen molar-refractivity contribution in [1.29, 1.82) is 0 Å². The number of thioether (sulfide) groups is 1. The Labute approximate surface area is 177 Å². The van der Waals surface area contributed by atoms with Crippen LogP contribution in [0.15, 0.2) is 76.9 Å². The average Bonchev–Trinajstić information content (AvgIpc) is 3.15. The minimum atomic E-state index is -0.0846. The van der Waals surface area contributed by atoms with Gasteiger partial charge >= 0.3 is 0 Å². The van der Waals surface area contributed by atoms with Crippen LogP contribution >= 0.6 is 11.8 Å². The summed E-state index contributed by atoms with van der Waals surface area (Å²) in [6.07, 6.45) is 3.61. The second kappa shape index (κ2) is 7.46. The molecule has 0 aliphatic heterocycles. The summed E-state index contributed by atoms with van der Waals surface area (Å²) in [6.45, 7) is 4.10.